The van der Waals surface area contributed by atoms with Gasteiger partial charge in [0, 0.05) is 16.6 Å². The Balaban J connectivity index is 2.17. The molecule has 4 rings (SSSR count). The zero-order valence-electron chi connectivity index (χ0n) is 10.5. The molecule has 0 amide bonds. The Bertz CT molecular complexity index is 881. The van der Waals surface area contributed by atoms with Gasteiger partial charge in [0.1, 0.15) is 0 Å². The molecule has 1 aromatic carbocycles. The van der Waals surface area contributed by atoms with Crippen LogP contribution in [-0.4, -0.2) is 20.2 Å². The van der Waals surface area contributed by atoms with Crippen molar-refractivity contribution >= 4 is 34.7 Å². The van der Waals surface area contributed by atoms with E-state index in [0.717, 1.165) is 47.2 Å². The number of halogens is 1. The van der Waals surface area contributed by atoms with Gasteiger partial charge in [-0.05, 0) is 43.1 Å². The SMILES string of the molecule is S=c1nc(-c2c3c(nc4c(Cl)cccc24)CCC3)[nH][nH]1. The van der Waals surface area contributed by atoms with E-state index in [2.05, 4.69) is 15.2 Å². The Labute approximate surface area is 125 Å². The van der Waals surface area contributed by atoms with E-state index >= 15 is 0 Å². The van der Waals surface area contributed by atoms with Gasteiger partial charge in [0.15, 0.2) is 5.82 Å². The van der Waals surface area contributed by atoms with Crippen LogP contribution in [0.2, 0.25) is 5.02 Å². The number of aromatic nitrogens is 4. The molecule has 0 saturated carbocycles. The third-order valence-corrected chi connectivity index (χ3v) is 4.23. The van der Waals surface area contributed by atoms with Crippen molar-refractivity contribution in [3.05, 3.63) is 39.3 Å². The molecular formula is C14H11ClN4S. The number of para-hydroxylation sites is 1. The molecule has 100 valence electrons. The first-order valence-corrected chi connectivity index (χ1v) is 7.27. The molecule has 2 heterocycles. The van der Waals surface area contributed by atoms with Gasteiger partial charge in [-0.1, -0.05) is 23.7 Å². The maximum Gasteiger partial charge on any atom is 0.213 e. The molecule has 1 aliphatic carbocycles. The number of nitrogens with one attached hydrogen (secondary N) is 2. The fourth-order valence-electron chi connectivity index (χ4n) is 2.91. The minimum atomic E-state index is 0.457. The van der Waals surface area contributed by atoms with E-state index in [9.17, 15) is 0 Å². The van der Waals surface area contributed by atoms with Crippen LogP contribution in [0.3, 0.4) is 0 Å². The van der Waals surface area contributed by atoms with Crippen molar-refractivity contribution in [2.45, 2.75) is 19.3 Å². The number of H-pyrrole nitrogens is 2. The number of aryl methyl sites for hydroxylation is 1. The lowest BCUT2D eigenvalue weighted by Crippen LogP contribution is -1.97. The molecular weight excluding hydrogens is 292 g/mol. The van der Waals surface area contributed by atoms with Gasteiger partial charge < -0.3 is 0 Å². The van der Waals surface area contributed by atoms with E-state index in [4.69, 9.17) is 28.8 Å². The Morgan fingerprint density at radius 1 is 1.15 bits per heavy atom. The third-order valence-electron chi connectivity index (χ3n) is 3.73. The van der Waals surface area contributed by atoms with E-state index in [1.54, 1.807) is 0 Å². The first-order valence-electron chi connectivity index (χ1n) is 6.49. The van der Waals surface area contributed by atoms with Crippen LogP contribution in [0.4, 0.5) is 0 Å². The summed E-state index contributed by atoms with van der Waals surface area (Å²) in [6, 6.07) is 5.85. The van der Waals surface area contributed by atoms with Crippen molar-refractivity contribution in [1.29, 1.82) is 0 Å². The Kier molecular flexibility index (Phi) is 2.65. The predicted octanol–water partition coefficient (Wildman–Crippen LogP) is 3.82. The van der Waals surface area contributed by atoms with Crippen LogP contribution in [0.15, 0.2) is 18.2 Å². The highest BCUT2D eigenvalue weighted by atomic mass is 35.5. The molecule has 0 unspecified atom stereocenters. The molecule has 20 heavy (non-hydrogen) atoms. The molecule has 0 bridgehead atoms. The predicted molar refractivity (Wildman–Crippen MR) is 81.5 cm³/mol. The summed E-state index contributed by atoms with van der Waals surface area (Å²) in [6.45, 7) is 0. The molecule has 2 aromatic heterocycles. The summed E-state index contributed by atoms with van der Waals surface area (Å²) in [5, 5.41) is 7.61. The van der Waals surface area contributed by atoms with Crippen molar-refractivity contribution < 1.29 is 0 Å². The van der Waals surface area contributed by atoms with Crippen LogP contribution in [0, 0.1) is 4.77 Å². The molecule has 0 atom stereocenters. The normalized spacial score (nSPS) is 13.8. The minimum absolute atomic E-state index is 0.457. The zero-order valence-corrected chi connectivity index (χ0v) is 12.1. The van der Waals surface area contributed by atoms with Crippen molar-refractivity contribution in [1.82, 2.24) is 20.2 Å². The van der Waals surface area contributed by atoms with Gasteiger partial charge in [-0.2, -0.15) is 4.98 Å². The Morgan fingerprint density at radius 3 is 2.85 bits per heavy atom. The Hall–Kier alpha value is -1.72. The summed E-state index contributed by atoms with van der Waals surface area (Å²) in [4.78, 5) is 9.11. The van der Waals surface area contributed by atoms with Crippen molar-refractivity contribution in [3.63, 3.8) is 0 Å². The van der Waals surface area contributed by atoms with Crippen LogP contribution >= 0.6 is 23.8 Å². The largest absolute Gasteiger partial charge is 0.282 e. The van der Waals surface area contributed by atoms with Crippen molar-refractivity contribution in [2.75, 3.05) is 0 Å². The van der Waals surface area contributed by atoms with Gasteiger partial charge >= 0.3 is 0 Å². The zero-order chi connectivity index (χ0) is 13.7. The van der Waals surface area contributed by atoms with Gasteiger partial charge in [0.05, 0.1) is 10.5 Å². The molecule has 1 aliphatic rings. The van der Waals surface area contributed by atoms with Gasteiger partial charge in [-0.25, -0.2) is 0 Å². The summed E-state index contributed by atoms with van der Waals surface area (Å²) < 4.78 is 0.457. The lowest BCUT2D eigenvalue weighted by molar-refractivity contribution is 0.901. The van der Waals surface area contributed by atoms with Crippen LogP contribution < -0.4 is 0 Å². The molecule has 0 aliphatic heterocycles. The first-order chi connectivity index (χ1) is 9.74. The molecule has 0 fully saturated rings. The van der Waals surface area contributed by atoms with E-state index < -0.39 is 0 Å². The number of fused-ring (bicyclic) bond motifs is 2. The molecule has 0 radical (unpaired) electrons. The number of nitrogens with zero attached hydrogens (tertiary/aromatic N) is 2. The molecule has 3 aromatic rings. The molecule has 0 saturated heterocycles. The summed E-state index contributed by atoms with van der Waals surface area (Å²) >= 11 is 11.4. The smallest absolute Gasteiger partial charge is 0.213 e. The highest BCUT2D eigenvalue weighted by molar-refractivity contribution is 7.71. The summed E-state index contributed by atoms with van der Waals surface area (Å²) in [5.41, 5.74) is 4.31. The number of aromatic amines is 2. The van der Waals surface area contributed by atoms with E-state index in [1.165, 1.54) is 5.56 Å². The first kappa shape index (κ1) is 12.1. The second-order valence-corrected chi connectivity index (χ2v) is 5.71. The maximum absolute atomic E-state index is 6.30. The van der Waals surface area contributed by atoms with Gasteiger partial charge in [0.25, 0.3) is 0 Å². The van der Waals surface area contributed by atoms with Gasteiger partial charge in [-0.15, -0.1) is 0 Å². The lowest BCUT2D eigenvalue weighted by Gasteiger charge is -2.11. The second kappa shape index (κ2) is 4.40. The minimum Gasteiger partial charge on any atom is -0.282 e. The summed E-state index contributed by atoms with van der Waals surface area (Å²) in [5.74, 6) is 0.766. The average molecular weight is 303 g/mol. The molecule has 6 heteroatoms. The fraction of sp³-hybridized carbons (Fsp3) is 0.214. The highest BCUT2D eigenvalue weighted by Crippen LogP contribution is 2.37. The van der Waals surface area contributed by atoms with Crippen LogP contribution in [0.25, 0.3) is 22.3 Å². The molecule has 4 nitrogen and oxygen atoms in total. The maximum atomic E-state index is 6.30. The molecule has 0 spiro atoms. The van der Waals surface area contributed by atoms with E-state index in [0.29, 0.717) is 9.79 Å². The third kappa shape index (κ3) is 1.70. The number of hydrogen-bond acceptors (Lipinski definition) is 3. The van der Waals surface area contributed by atoms with E-state index in [-0.39, 0.29) is 0 Å². The number of hydrogen-bond donors (Lipinski definition) is 2. The van der Waals surface area contributed by atoms with Crippen LogP contribution in [-0.2, 0) is 12.8 Å². The van der Waals surface area contributed by atoms with Crippen molar-refractivity contribution in [3.8, 4) is 11.4 Å². The second-order valence-electron chi connectivity index (χ2n) is 4.92. The van der Waals surface area contributed by atoms with Gasteiger partial charge in [-0.3, -0.25) is 15.2 Å². The number of benzene rings is 1. The monoisotopic (exact) mass is 302 g/mol. The highest BCUT2D eigenvalue weighted by Gasteiger charge is 2.22. The van der Waals surface area contributed by atoms with Crippen LogP contribution in [0.1, 0.15) is 17.7 Å². The standard InChI is InChI=1S/C14H11ClN4S/c15-9-5-1-4-8-11(13-17-14(20)19-18-13)7-3-2-6-10(7)16-12(8)9/h1,4-5H,2-3,6H2,(H2,17,18,19,20). The lowest BCUT2D eigenvalue weighted by atomic mass is 10.0. The van der Waals surface area contributed by atoms with E-state index in [1.807, 2.05) is 18.2 Å². The van der Waals surface area contributed by atoms with Gasteiger partial charge in [0.2, 0.25) is 4.77 Å². The Morgan fingerprint density at radius 2 is 2.05 bits per heavy atom. The van der Waals surface area contributed by atoms with Crippen LogP contribution in [0.5, 0.6) is 0 Å². The topological polar surface area (TPSA) is 57.4 Å². The fourth-order valence-corrected chi connectivity index (χ4v) is 3.27. The summed E-state index contributed by atoms with van der Waals surface area (Å²) in [7, 11) is 0. The molecule has 2 N–H and O–H groups in total. The summed E-state index contributed by atoms with van der Waals surface area (Å²) in [6.07, 6.45) is 3.14. The average Bonchev–Trinajstić information content (AvgIpc) is 3.05. The number of pyridine rings is 1. The number of rotatable bonds is 1. The van der Waals surface area contributed by atoms with Crippen molar-refractivity contribution in [2.24, 2.45) is 0 Å². The quantitative estimate of drug-likeness (QED) is 0.672.